The molecule has 0 saturated carbocycles. The normalized spacial score (nSPS) is 10.4. The van der Waals surface area contributed by atoms with Crippen LogP contribution in [0.3, 0.4) is 0 Å². The smallest absolute Gasteiger partial charge is 0.341 e. The van der Waals surface area contributed by atoms with Crippen molar-refractivity contribution in [1.82, 2.24) is 0 Å². The van der Waals surface area contributed by atoms with Crippen LogP contribution >= 0.6 is 11.6 Å². The minimum atomic E-state index is -0.530. The summed E-state index contributed by atoms with van der Waals surface area (Å²) in [7, 11) is 0. The van der Waals surface area contributed by atoms with Crippen LogP contribution in [0.5, 0.6) is 11.5 Å². The highest BCUT2D eigenvalue weighted by Crippen LogP contribution is 2.26. The molecule has 0 aromatic heterocycles. The van der Waals surface area contributed by atoms with E-state index in [2.05, 4.69) is 23.7 Å². The molecule has 0 amide bonds. The van der Waals surface area contributed by atoms with Gasteiger partial charge in [0.1, 0.15) is 30.3 Å². The van der Waals surface area contributed by atoms with Gasteiger partial charge in [0, 0.05) is 11.1 Å². The highest BCUT2D eigenvalue weighted by molar-refractivity contribution is 6.32. The second-order valence-electron chi connectivity index (χ2n) is 9.82. The second-order valence-corrected chi connectivity index (χ2v) is 10.2. The van der Waals surface area contributed by atoms with Crippen LogP contribution in [-0.2, 0) is 36.6 Å². The number of esters is 3. The van der Waals surface area contributed by atoms with Gasteiger partial charge in [0.05, 0.1) is 37.7 Å². The maximum atomic E-state index is 12.5. The molecule has 3 rings (SSSR count). The third-order valence-corrected chi connectivity index (χ3v) is 6.53. The van der Waals surface area contributed by atoms with Gasteiger partial charge >= 0.3 is 17.9 Å². The number of allylic oxidation sites excluding steroid dienone is 2. The van der Waals surface area contributed by atoms with Gasteiger partial charge in [-0.05, 0) is 105 Å². The van der Waals surface area contributed by atoms with Crippen LogP contribution in [0.4, 0.5) is 0 Å². The van der Waals surface area contributed by atoms with E-state index >= 15 is 0 Å². The molecule has 0 N–H and O–H groups in total. The van der Waals surface area contributed by atoms with Crippen molar-refractivity contribution >= 4 is 29.5 Å². The molecule has 0 fully saturated rings. The first kappa shape index (κ1) is 37.0. The van der Waals surface area contributed by atoms with Gasteiger partial charge in [0.2, 0.25) is 0 Å². The molecule has 0 aliphatic rings. The summed E-state index contributed by atoms with van der Waals surface area (Å²) in [6, 6.07) is 17.7. The van der Waals surface area contributed by atoms with Crippen LogP contribution in [0.15, 0.2) is 85.0 Å². The van der Waals surface area contributed by atoms with E-state index in [4.69, 9.17) is 35.3 Å². The van der Waals surface area contributed by atoms with E-state index in [0.29, 0.717) is 28.7 Å². The number of halogens is 1. The molecule has 0 heterocycles. The molecular weight excluding hydrogens is 632 g/mol. The SMILES string of the molecule is CCOC(=O)Cc1ccc(OC/C=C/C#Cc2ccc(C#C/C=C/COc3ccc(CC(=O)OCC)cc3C(=O)OCC)cc2)c(Cl)c1. The molecule has 3 aromatic rings. The van der Waals surface area contributed by atoms with Crippen molar-refractivity contribution in [3.63, 3.8) is 0 Å². The second kappa shape index (κ2) is 20.6. The highest BCUT2D eigenvalue weighted by atomic mass is 35.5. The molecule has 0 saturated heterocycles. The first-order chi connectivity index (χ1) is 23.3. The lowest BCUT2D eigenvalue weighted by Crippen LogP contribution is -2.11. The van der Waals surface area contributed by atoms with Gasteiger partial charge in [-0.2, -0.15) is 0 Å². The summed E-state index contributed by atoms with van der Waals surface area (Å²) in [6.07, 6.45) is 7.10. The van der Waals surface area contributed by atoms with Gasteiger partial charge in [0.25, 0.3) is 0 Å². The summed E-state index contributed by atoms with van der Waals surface area (Å²) in [6.45, 7) is 6.52. The molecule has 3 aromatic carbocycles. The Bertz CT molecular complexity index is 1730. The summed E-state index contributed by atoms with van der Waals surface area (Å²) < 4.78 is 26.5. The molecule has 8 nitrogen and oxygen atoms in total. The Morgan fingerprint density at radius 1 is 0.646 bits per heavy atom. The number of ether oxygens (including phenoxy) is 5. The van der Waals surface area contributed by atoms with Crippen molar-refractivity contribution in [3.8, 4) is 35.2 Å². The fraction of sp³-hybridized carbons (Fsp3) is 0.256. The fourth-order valence-electron chi connectivity index (χ4n) is 4.09. The van der Waals surface area contributed by atoms with Crippen molar-refractivity contribution in [2.45, 2.75) is 33.6 Å². The molecule has 0 unspecified atom stereocenters. The van der Waals surface area contributed by atoms with Gasteiger partial charge in [-0.1, -0.05) is 47.4 Å². The summed E-state index contributed by atoms with van der Waals surface area (Å²) in [5, 5.41) is 0.420. The molecule has 9 heteroatoms. The van der Waals surface area contributed by atoms with Crippen LogP contribution in [0, 0.1) is 23.7 Å². The topological polar surface area (TPSA) is 97.4 Å². The van der Waals surface area contributed by atoms with Gasteiger partial charge in [-0.3, -0.25) is 9.59 Å². The Balaban J connectivity index is 1.46. The summed E-state index contributed by atoms with van der Waals surface area (Å²) in [5.41, 5.74) is 3.28. The number of carbonyl (C=O) groups is 3. The third kappa shape index (κ3) is 13.1. The average Bonchev–Trinajstić information content (AvgIpc) is 3.06. The minimum Gasteiger partial charge on any atom is -0.489 e. The molecule has 248 valence electrons. The predicted octanol–water partition coefficient (Wildman–Crippen LogP) is 6.70. The first-order valence-electron chi connectivity index (χ1n) is 15.4. The zero-order valence-corrected chi connectivity index (χ0v) is 27.9. The van der Waals surface area contributed by atoms with E-state index < -0.39 is 5.97 Å². The monoisotopic (exact) mass is 668 g/mol. The number of benzene rings is 3. The zero-order chi connectivity index (χ0) is 34.6. The molecule has 0 aliphatic carbocycles. The van der Waals surface area contributed by atoms with Crippen molar-refractivity contribution < 1.29 is 38.1 Å². The lowest BCUT2D eigenvalue weighted by Gasteiger charge is -2.11. The Labute approximate surface area is 286 Å². The van der Waals surface area contributed by atoms with Crippen molar-refractivity contribution in [2.75, 3.05) is 33.0 Å². The van der Waals surface area contributed by atoms with Gasteiger partial charge in [0.15, 0.2) is 0 Å². The number of hydrogen-bond donors (Lipinski definition) is 0. The number of carbonyl (C=O) groups excluding carboxylic acids is 3. The van der Waals surface area contributed by atoms with E-state index in [1.165, 1.54) is 0 Å². The fourth-order valence-corrected chi connectivity index (χ4v) is 4.34. The molecule has 0 spiro atoms. The average molecular weight is 669 g/mol. The van der Waals surface area contributed by atoms with E-state index in [0.717, 1.165) is 16.7 Å². The Kier molecular flexibility index (Phi) is 15.9. The number of rotatable bonds is 14. The summed E-state index contributed by atoms with van der Waals surface area (Å²) in [5.74, 6) is 11.7. The zero-order valence-electron chi connectivity index (χ0n) is 27.2. The predicted molar refractivity (Wildman–Crippen MR) is 184 cm³/mol. The Morgan fingerprint density at radius 3 is 1.62 bits per heavy atom. The van der Waals surface area contributed by atoms with Crippen molar-refractivity contribution in [2.24, 2.45) is 0 Å². The van der Waals surface area contributed by atoms with Crippen LogP contribution in [0.1, 0.15) is 53.4 Å². The van der Waals surface area contributed by atoms with Gasteiger partial charge in [-0.25, -0.2) is 4.79 Å². The van der Waals surface area contributed by atoms with Crippen LogP contribution in [-0.4, -0.2) is 50.9 Å². The molecule has 0 aliphatic heterocycles. The molecule has 48 heavy (non-hydrogen) atoms. The number of hydrogen-bond acceptors (Lipinski definition) is 8. The molecule has 0 bridgehead atoms. The lowest BCUT2D eigenvalue weighted by atomic mass is 10.1. The van der Waals surface area contributed by atoms with Crippen molar-refractivity contribution in [1.29, 1.82) is 0 Å². The van der Waals surface area contributed by atoms with Gasteiger partial charge in [-0.15, -0.1) is 0 Å². The van der Waals surface area contributed by atoms with Crippen LogP contribution in [0.2, 0.25) is 5.02 Å². The quantitative estimate of drug-likeness (QED) is 0.106. The molecule has 0 radical (unpaired) electrons. The Hall–Kier alpha value is -5.44. The summed E-state index contributed by atoms with van der Waals surface area (Å²) >= 11 is 6.27. The van der Waals surface area contributed by atoms with Crippen LogP contribution in [0.25, 0.3) is 0 Å². The maximum absolute atomic E-state index is 12.5. The van der Waals surface area contributed by atoms with E-state index in [-0.39, 0.29) is 56.8 Å². The summed E-state index contributed by atoms with van der Waals surface area (Å²) in [4.78, 5) is 35.9. The van der Waals surface area contributed by atoms with E-state index in [1.54, 1.807) is 81.5 Å². The minimum absolute atomic E-state index is 0.0470. The lowest BCUT2D eigenvalue weighted by molar-refractivity contribution is -0.143. The van der Waals surface area contributed by atoms with Crippen LogP contribution < -0.4 is 9.47 Å². The maximum Gasteiger partial charge on any atom is 0.341 e. The van der Waals surface area contributed by atoms with Crippen molar-refractivity contribution in [3.05, 3.63) is 118 Å². The van der Waals surface area contributed by atoms with Gasteiger partial charge < -0.3 is 23.7 Å². The molecule has 0 atom stereocenters. The first-order valence-corrected chi connectivity index (χ1v) is 15.8. The molecular formula is C39H37ClO8. The third-order valence-electron chi connectivity index (χ3n) is 6.23. The van der Waals surface area contributed by atoms with E-state index in [9.17, 15) is 14.4 Å². The largest absolute Gasteiger partial charge is 0.489 e. The Morgan fingerprint density at radius 2 is 1.12 bits per heavy atom. The highest BCUT2D eigenvalue weighted by Gasteiger charge is 2.16. The van der Waals surface area contributed by atoms with E-state index in [1.807, 2.05) is 24.3 Å². The standard InChI is InChI=1S/C39H37ClO8/c1-4-44-37(41)27-31-19-21-35(33(25-31)39(43)46-6-3)47-23-11-7-9-13-29-15-17-30(18-16-29)14-10-8-12-24-48-36-22-20-32(26-34(36)40)28-38(42)45-5-2/h7-8,11-12,15-22,25-26H,4-6,23-24,27-28H2,1-3H3/b11-7+,12-8+.